The van der Waals surface area contributed by atoms with Crippen LogP contribution in [-0.2, 0) is 9.59 Å². The summed E-state index contributed by atoms with van der Waals surface area (Å²) in [6.07, 6.45) is 4.44. The molecule has 0 aromatic carbocycles. The summed E-state index contributed by atoms with van der Waals surface area (Å²) in [6, 6.07) is -0.819. The highest BCUT2D eigenvalue weighted by Crippen LogP contribution is 2.30. The van der Waals surface area contributed by atoms with Crippen LogP contribution in [0.1, 0.15) is 52.4 Å². The lowest BCUT2D eigenvalue weighted by Crippen LogP contribution is -2.59. The monoisotopic (exact) mass is 256 g/mol. The SMILES string of the molecule is CCC[C@@H](NC(=O)C1(N)CCCC(C)C1)C(=O)O. The van der Waals surface area contributed by atoms with Crippen molar-refractivity contribution < 1.29 is 14.7 Å². The van der Waals surface area contributed by atoms with E-state index < -0.39 is 17.6 Å². The van der Waals surface area contributed by atoms with Gasteiger partial charge in [0.05, 0.1) is 5.54 Å². The minimum Gasteiger partial charge on any atom is -0.480 e. The van der Waals surface area contributed by atoms with E-state index >= 15 is 0 Å². The maximum absolute atomic E-state index is 12.2. The molecule has 1 amide bonds. The third kappa shape index (κ3) is 3.70. The van der Waals surface area contributed by atoms with Gasteiger partial charge < -0.3 is 16.2 Å². The van der Waals surface area contributed by atoms with Crippen molar-refractivity contribution in [3.05, 3.63) is 0 Å². The number of nitrogens with two attached hydrogens (primary N) is 1. The van der Waals surface area contributed by atoms with E-state index in [-0.39, 0.29) is 5.91 Å². The molecule has 0 bridgehead atoms. The zero-order valence-electron chi connectivity index (χ0n) is 11.2. The first-order valence-corrected chi connectivity index (χ1v) is 6.71. The number of carbonyl (C=O) groups excluding carboxylic acids is 1. The first-order chi connectivity index (χ1) is 8.39. The van der Waals surface area contributed by atoms with Crippen molar-refractivity contribution in [3.63, 3.8) is 0 Å². The lowest BCUT2D eigenvalue weighted by molar-refractivity contribution is -0.143. The van der Waals surface area contributed by atoms with Gasteiger partial charge in [0.1, 0.15) is 6.04 Å². The third-order valence-electron chi connectivity index (χ3n) is 3.67. The van der Waals surface area contributed by atoms with Gasteiger partial charge in [0.2, 0.25) is 5.91 Å². The topological polar surface area (TPSA) is 92.4 Å². The van der Waals surface area contributed by atoms with Gasteiger partial charge in [-0.2, -0.15) is 0 Å². The molecule has 0 heterocycles. The van der Waals surface area contributed by atoms with Crippen LogP contribution in [0.25, 0.3) is 0 Å². The molecule has 0 radical (unpaired) electrons. The van der Waals surface area contributed by atoms with E-state index in [0.29, 0.717) is 31.6 Å². The summed E-state index contributed by atoms with van der Waals surface area (Å²) in [5.41, 5.74) is 5.24. The molecule has 4 N–H and O–H groups in total. The second kappa shape index (κ2) is 6.18. The fourth-order valence-electron chi connectivity index (χ4n) is 2.65. The summed E-state index contributed by atoms with van der Waals surface area (Å²) >= 11 is 0. The Balaban J connectivity index is 2.65. The molecule has 3 atom stereocenters. The molecule has 1 aliphatic carbocycles. The maximum Gasteiger partial charge on any atom is 0.326 e. The van der Waals surface area contributed by atoms with Crippen LogP contribution in [0.5, 0.6) is 0 Å². The number of carboxylic acids is 1. The summed E-state index contributed by atoms with van der Waals surface area (Å²) in [4.78, 5) is 23.2. The number of hydrogen-bond acceptors (Lipinski definition) is 3. The second-order valence-electron chi connectivity index (χ2n) is 5.51. The maximum atomic E-state index is 12.2. The molecule has 5 nitrogen and oxygen atoms in total. The Morgan fingerprint density at radius 2 is 2.22 bits per heavy atom. The van der Waals surface area contributed by atoms with Gasteiger partial charge in [-0.1, -0.05) is 33.1 Å². The van der Waals surface area contributed by atoms with Crippen LogP contribution in [0, 0.1) is 5.92 Å². The Hall–Kier alpha value is -1.10. The summed E-state index contributed by atoms with van der Waals surface area (Å²) in [5, 5.41) is 11.6. The normalized spacial score (nSPS) is 29.6. The van der Waals surface area contributed by atoms with Gasteiger partial charge in [0.15, 0.2) is 0 Å². The average molecular weight is 256 g/mol. The van der Waals surface area contributed by atoms with Crippen LogP contribution in [0.15, 0.2) is 0 Å². The minimum atomic E-state index is -0.988. The van der Waals surface area contributed by atoms with Crippen molar-refractivity contribution in [1.29, 1.82) is 0 Å². The van der Waals surface area contributed by atoms with Gasteiger partial charge in [-0.25, -0.2) is 4.79 Å². The van der Waals surface area contributed by atoms with Crippen molar-refractivity contribution in [2.45, 2.75) is 64.0 Å². The van der Waals surface area contributed by atoms with Gasteiger partial charge in [0, 0.05) is 0 Å². The zero-order chi connectivity index (χ0) is 13.8. The predicted molar refractivity (Wildman–Crippen MR) is 69.0 cm³/mol. The van der Waals surface area contributed by atoms with Crippen molar-refractivity contribution in [1.82, 2.24) is 5.32 Å². The van der Waals surface area contributed by atoms with Crippen LogP contribution >= 0.6 is 0 Å². The molecule has 1 rings (SSSR count). The van der Waals surface area contributed by atoms with E-state index in [2.05, 4.69) is 12.2 Å². The molecule has 5 heteroatoms. The van der Waals surface area contributed by atoms with Crippen LogP contribution in [-0.4, -0.2) is 28.6 Å². The smallest absolute Gasteiger partial charge is 0.326 e. The first-order valence-electron chi connectivity index (χ1n) is 6.71. The van der Waals surface area contributed by atoms with E-state index in [1.807, 2.05) is 6.92 Å². The second-order valence-corrected chi connectivity index (χ2v) is 5.51. The quantitative estimate of drug-likeness (QED) is 0.690. The highest BCUT2D eigenvalue weighted by molar-refractivity contribution is 5.90. The van der Waals surface area contributed by atoms with E-state index in [9.17, 15) is 9.59 Å². The van der Waals surface area contributed by atoms with Gasteiger partial charge in [0.25, 0.3) is 0 Å². The van der Waals surface area contributed by atoms with Crippen LogP contribution < -0.4 is 11.1 Å². The van der Waals surface area contributed by atoms with Crippen LogP contribution in [0.2, 0.25) is 0 Å². The lowest BCUT2D eigenvalue weighted by atomic mass is 9.76. The number of aliphatic carboxylic acids is 1. The van der Waals surface area contributed by atoms with Gasteiger partial charge >= 0.3 is 5.97 Å². The van der Waals surface area contributed by atoms with Crippen molar-refractivity contribution in [2.24, 2.45) is 11.7 Å². The molecule has 1 saturated carbocycles. The molecule has 0 aliphatic heterocycles. The molecule has 1 aliphatic rings. The molecular formula is C13H24N2O3. The highest BCUT2D eigenvalue weighted by atomic mass is 16.4. The summed E-state index contributed by atoms with van der Waals surface area (Å²) < 4.78 is 0. The van der Waals surface area contributed by atoms with Gasteiger partial charge in [-0.3, -0.25) is 4.79 Å². The predicted octanol–water partition coefficient (Wildman–Crippen LogP) is 1.26. The van der Waals surface area contributed by atoms with Crippen LogP contribution in [0.4, 0.5) is 0 Å². The van der Waals surface area contributed by atoms with Crippen LogP contribution in [0.3, 0.4) is 0 Å². The van der Waals surface area contributed by atoms with E-state index in [1.54, 1.807) is 0 Å². The molecular weight excluding hydrogens is 232 g/mol. The van der Waals surface area contributed by atoms with E-state index in [0.717, 1.165) is 12.8 Å². The summed E-state index contributed by atoms with van der Waals surface area (Å²) in [6.45, 7) is 3.97. The first kappa shape index (κ1) is 15.0. The highest BCUT2D eigenvalue weighted by Gasteiger charge is 2.39. The molecule has 0 spiro atoms. The van der Waals surface area contributed by atoms with Crippen molar-refractivity contribution in [2.75, 3.05) is 0 Å². The third-order valence-corrected chi connectivity index (χ3v) is 3.67. The summed E-state index contributed by atoms with van der Waals surface area (Å²) in [5.74, 6) is -0.878. The van der Waals surface area contributed by atoms with Crippen molar-refractivity contribution >= 4 is 11.9 Å². The standard InChI is InChI=1S/C13H24N2O3/c1-3-5-10(11(16)17)15-12(18)13(14)7-4-6-9(2)8-13/h9-10H,3-8,14H2,1-2H3,(H,15,18)(H,16,17)/t9?,10-,13?/m1/s1. The number of carbonyl (C=O) groups is 2. The van der Waals surface area contributed by atoms with E-state index in [1.165, 1.54) is 0 Å². The Labute approximate surface area is 108 Å². The molecule has 2 unspecified atom stereocenters. The van der Waals surface area contributed by atoms with Gasteiger partial charge in [-0.15, -0.1) is 0 Å². The number of carboxylic acid groups (broad SMARTS) is 1. The Morgan fingerprint density at radius 1 is 1.56 bits per heavy atom. The Morgan fingerprint density at radius 3 is 2.72 bits per heavy atom. The number of amides is 1. The molecule has 18 heavy (non-hydrogen) atoms. The number of hydrogen-bond donors (Lipinski definition) is 3. The average Bonchev–Trinajstić information content (AvgIpc) is 2.27. The largest absolute Gasteiger partial charge is 0.480 e. The van der Waals surface area contributed by atoms with Gasteiger partial charge in [-0.05, 0) is 25.2 Å². The lowest BCUT2D eigenvalue weighted by Gasteiger charge is -2.36. The fraction of sp³-hybridized carbons (Fsp3) is 0.846. The Kier molecular flexibility index (Phi) is 5.14. The summed E-state index contributed by atoms with van der Waals surface area (Å²) in [7, 11) is 0. The molecule has 1 fully saturated rings. The number of rotatable bonds is 5. The fourth-order valence-corrected chi connectivity index (χ4v) is 2.65. The van der Waals surface area contributed by atoms with Crippen molar-refractivity contribution in [3.8, 4) is 0 Å². The molecule has 104 valence electrons. The van der Waals surface area contributed by atoms with E-state index in [4.69, 9.17) is 10.8 Å². The zero-order valence-corrected chi connectivity index (χ0v) is 11.2. The molecule has 0 saturated heterocycles. The minimum absolute atomic E-state index is 0.310. The molecule has 0 aromatic heterocycles. The Bertz CT molecular complexity index is 319. The molecule has 0 aromatic rings. The number of nitrogens with one attached hydrogen (secondary N) is 1.